The fraction of sp³-hybridized carbons (Fsp3) is 0.111. The molecule has 0 aliphatic carbocycles. The zero-order valence-electron chi connectivity index (χ0n) is 18.7. The number of thioether (sulfide) groups is 2. The molecule has 0 bridgehead atoms. The molecular formula is C18H24Cl2N8O6S3. The van der Waals surface area contributed by atoms with E-state index in [1.54, 1.807) is 46.9 Å². The van der Waals surface area contributed by atoms with Crippen LogP contribution in [-0.4, -0.2) is 63.8 Å². The lowest BCUT2D eigenvalue weighted by Gasteiger charge is -1.96. The zero-order chi connectivity index (χ0) is 28.1. The van der Waals surface area contributed by atoms with Gasteiger partial charge in [-0.1, -0.05) is 23.2 Å². The number of hydrogen-bond acceptors (Lipinski definition) is 10. The minimum absolute atomic E-state index is 0.146. The van der Waals surface area contributed by atoms with Crippen molar-refractivity contribution in [3.05, 3.63) is 58.6 Å². The van der Waals surface area contributed by atoms with Crippen LogP contribution >= 0.6 is 46.7 Å². The summed E-state index contributed by atoms with van der Waals surface area (Å²) in [5.74, 6) is 1.02. The molecule has 0 saturated heterocycles. The molecule has 14 nitrogen and oxygen atoms in total. The fourth-order valence-electron chi connectivity index (χ4n) is 1.65. The van der Waals surface area contributed by atoms with E-state index in [4.69, 9.17) is 62.6 Å². The van der Waals surface area contributed by atoms with Gasteiger partial charge in [-0.3, -0.25) is 19.5 Å². The first-order valence-corrected chi connectivity index (χ1v) is 13.5. The number of nitrogens with one attached hydrogen (secondary N) is 2. The Morgan fingerprint density at radius 1 is 0.784 bits per heavy atom. The molecule has 0 fully saturated rings. The van der Waals surface area contributed by atoms with Crippen LogP contribution in [0, 0.1) is 0 Å². The molecule has 37 heavy (non-hydrogen) atoms. The summed E-state index contributed by atoms with van der Waals surface area (Å²) in [7, 11) is -4.67. The second kappa shape index (κ2) is 20.4. The number of nitrogens with two attached hydrogens (primary N) is 2. The topological polar surface area (TPSA) is 241 Å². The lowest BCUT2D eigenvalue weighted by atomic mass is 10.4. The monoisotopic (exact) mass is 614 g/mol. The summed E-state index contributed by atoms with van der Waals surface area (Å²) in [5.41, 5.74) is 13.6. The molecule has 2 aromatic rings. The summed E-state index contributed by atoms with van der Waals surface area (Å²) in [5, 5.41) is 32.2. The van der Waals surface area contributed by atoms with Crippen molar-refractivity contribution < 1.29 is 27.9 Å². The first-order chi connectivity index (χ1) is 17.4. The third kappa shape index (κ3) is 23.5. The maximum Gasteiger partial charge on any atom is 0.394 e. The van der Waals surface area contributed by atoms with Crippen molar-refractivity contribution in [2.24, 2.45) is 31.9 Å². The number of halogens is 2. The Balaban J connectivity index is 0.000000594. The highest BCUT2D eigenvalue weighted by atomic mass is 35.5. The van der Waals surface area contributed by atoms with E-state index in [2.05, 4.69) is 20.4 Å². The highest BCUT2D eigenvalue weighted by molar-refractivity contribution is 8.00. The minimum atomic E-state index is -4.67. The van der Waals surface area contributed by atoms with Crippen LogP contribution in [0.1, 0.15) is 0 Å². The summed E-state index contributed by atoms with van der Waals surface area (Å²) in [4.78, 5) is 2.18. The van der Waals surface area contributed by atoms with Crippen LogP contribution in [0.2, 0.25) is 10.0 Å². The van der Waals surface area contributed by atoms with E-state index in [1.165, 1.54) is 0 Å². The Labute approximate surface area is 231 Å². The summed E-state index contributed by atoms with van der Waals surface area (Å²) < 4.78 is 31.6. The normalized spacial score (nSPS) is 11.9. The van der Waals surface area contributed by atoms with Crippen LogP contribution in [0.15, 0.2) is 78.7 Å². The molecule has 2 aromatic carbocycles. The molecule has 204 valence electrons. The van der Waals surface area contributed by atoms with Gasteiger partial charge in [0.1, 0.15) is 0 Å². The molecule has 0 unspecified atom stereocenters. The predicted molar refractivity (Wildman–Crippen MR) is 149 cm³/mol. The van der Waals surface area contributed by atoms with Crippen molar-refractivity contribution in [3.63, 3.8) is 0 Å². The minimum Gasteiger partial charge on any atom is -0.367 e. The van der Waals surface area contributed by atoms with E-state index >= 15 is 0 Å². The van der Waals surface area contributed by atoms with Crippen molar-refractivity contribution in [1.82, 2.24) is 11.0 Å². The number of hydroxylamine groups is 2. The molecule has 0 aliphatic rings. The van der Waals surface area contributed by atoms with Gasteiger partial charge in [0.25, 0.3) is 0 Å². The highest BCUT2D eigenvalue weighted by Gasteiger charge is 1.93. The third-order valence-electron chi connectivity index (χ3n) is 3.00. The van der Waals surface area contributed by atoms with Gasteiger partial charge in [0, 0.05) is 43.8 Å². The summed E-state index contributed by atoms with van der Waals surface area (Å²) >= 11 is 14.7. The second-order valence-corrected chi connectivity index (χ2v) is 9.72. The quantitative estimate of drug-likeness (QED) is 0.0703. The van der Waals surface area contributed by atoms with E-state index in [-0.39, 0.29) is 11.9 Å². The Morgan fingerprint density at radius 3 is 1.35 bits per heavy atom. The van der Waals surface area contributed by atoms with E-state index < -0.39 is 10.4 Å². The first kappa shape index (κ1) is 34.4. The second-order valence-electron chi connectivity index (χ2n) is 5.77. The Bertz CT molecular complexity index is 1050. The SMILES string of the molecule is N/C(=N\N=C\CSc1ccc(Cl)cc1)NO.N/C(=N\N=C\CSc1ccc(Cl)cc1)NO.O=S(=O)(O)O. The number of benzene rings is 2. The van der Waals surface area contributed by atoms with Crippen LogP contribution in [0.4, 0.5) is 0 Å². The van der Waals surface area contributed by atoms with Crippen LogP contribution in [0.3, 0.4) is 0 Å². The van der Waals surface area contributed by atoms with Crippen molar-refractivity contribution in [3.8, 4) is 0 Å². The first-order valence-electron chi connectivity index (χ1n) is 9.41. The highest BCUT2D eigenvalue weighted by Crippen LogP contribution is 2.20. The molecule has 0 amide bonds. The molecule has 0 radical (unpaired) electrons. The van der Waals surface area contributed by atoms with Gasteiger partial charge in [0.15, 0.2) is 0 Å². The van der Waals surface area contributed by atoms with Gasteiger partial charge in [0.05, 0.1) is 0 Å². The molecule has 0 aliphatic heterocycles. The summed E-state index contributed by atoms with van der Waals surface area (Å²) in [6.07, 6.45) is 3.17. The van der Waals surface area contributed by atoms with Crippen molar-refractivity contribution in [2.75, 3.05) is 11.5 Å². The smallest absolute Gasteiger partial charge is 0.367 e. The number of guanidine groups is 2. The lowest BCUT2D eigenvalue weighted by Crippen LogP contribution is -2.27. The maximum absolute atomic E-state index is 8.74. The lowest BCUT2D eigenvalue weighted by molar-refractivity contribution is 0.232. The van der Waals surface area contributed by atoms with Gasteiger partial charge in [-0.25, -0.2) is 11.0 Å². The molecule has 2 rings (SSSR count). The molecule has 0 spiro atoms. The molecule has 0 saturated carbocycles. The third-order valence-corrected chi connectivity index (χ3v) is 5.35. The molecule has 19 heteroatoms. The number of nitrogens with zero attached hydrogens (tertiary/aromatic N) is 4. The standard InChI is InChI=1S/2C9H11ClN4OS.H2O4S/c2*10-7-1-3-8(4-2-7)16-6-5-12-13-9(11)14-15;1-5(2,3)4/h2*1-5,15H,6H2,(H3,11,13,14);(H2,1,2,3,4)/b2*12-5+;. The van der Waals surface area contributed by atoms with Crippen molar-refractivity contribution in [2.45, 2.75) is 9.79 Å². The average Bonchev–Trinajstić information content (AvgIpc) is 2.85. The van der Waals surface area contributed by atoms with Crippen LogP contribution in [-0.2, 0) is 10.4 Å². The Kier molecular flexibility index (Phi) is 19.0. The molecule has 0 aromatic heterocycles. The van der Waals surface area contributed by atoms with E-state index in [9.17, 15) is 0 Å². The van der Waals surface area contributed by atoms with Gasteiger partial charge in [-0.15, -0.1) is 33.7 Å². The van der Waals surface area contributed by atoms with Crippen LogP contribution in [0.25, 0.3) is 0 Å². The zero-order valence-corrected chi connectivity index (χ0v) is 22.7. The number of rotatable bonds is 8. The van der Waals surface area contributed by atoms with Gasteiger partial charge >= 0.3 is 10.4 Å². The van der Waals surface area contributed by atoms with Crippen LogP contribution < -0.4 is 22.4 Å². The van der Waals surface area contributed by atoms with E-state index in [1.807, 2.05) is 48.5 Å². The van der Waals surface area contributed by atoms with E-state index in [0.717, 1.165) is 9.79 Å². The molecule has 10 N–H and O–H groups in total. The van der Waals surface area contributed by atoms with Gasteiger partial charge < -0.3 is 11.5 Å². The van der Waals surface area contributed by atoms with Gasteiger partial charge in [-0.05, 0) is 48.5 Å². The molecule has 0 atom stereocenters. The van der Waals surface area contributed by atoms with Crippen LogP contribution in [0.5, 0.6) is 0 Å². The Morgan fingerprint density at radius 2 is 1.08 bits per heavy atom. The fourth-order valence-corrected chi connectivity index (χ4v) is 3.22. The largest absolute Gasteiger partial charge is 0.394 e. The summed E-state index contributed by atoms with van der Waals surface area (Å²) in [6, 6.07) is 15.0. The Hall–Kier alpha value is -2.61. The van der Waals surface area contributed by atoms with E-state index in [0.29, 0.717) is 21.6 Å². The van der Waals surface area contributed by atoms with Crippen molar-refractivity contribution >= 4 is 81.5 Å². The summed E-state index contributed by atoms with van der Waals surface area (Å²) in [6.45, 7) is 0. The van der Waals surface area contributed by atoms with Gasteiger partial charge in [-0.2, -0.15) is 18.6 Å². The number of hydrogen-bond donors (Lipinski definition) is 8. The molecule has 0 heterocycles. The van der Waals surface area contributed by atoms with Crippen molar-refractivity contribution in [1.29, 1.82) is 0 Å². The maximum atomic E-state index is 8.74. The molecular weight excluding hydrogens is 591 g/mol. The van der Waals surface area contributed by atoms with Gasteiger partial charge in [0.2, 0.25) is 11.9 Å². The predicted octanol–water partition coefficient (Wildman–Crippen LogP) is 2.77. The average molecular weight is 616 g/mol.